The van der Waals surface area contributed by atoms with Crippen molar-refractivity contribution in [1.82, 2.24) is 5.32 Å². The van der Waals surface area contributed by atoms with Crippen LogP contribution in [0.4, 0.5) is 0 Å². The van der Waals surface area contributed by atoms with Crippen LogP contribution in [0.15, 0.2) is 30.4 Å². The normalized spacial score (nSPS) is 10.4. The van der Waals surface area contributed by atoms with E-state index in [0.717, 1.165) is 30.0 Å². The van der Waals surface area contributed by atoms with Gasteiger partial charge in [0.15, 0.2) is 0 Å². The Morgan fingerprint density at radius 3 is 2.83 bits per heavy atom. The van der Waals surface area contributed by atoms with Crippen molar-refractivity contribution in [3.8, 4) is 5.75 Å². The van der Waals surface area contributed by atoms with Crippen LogP contribution in [0, 0.1) is 6.92 Å². The summed E-state index contributed by atoms with van der Waals surface area (Å²) in [7, 11) is 1.70. The quantitative estimate of drug-likeness (QED) is 0.567. The summed E-state index contributed by atoms with van der Waals surface area (Å²) in [5.41, 5.74) is 3.35. The highest BCUT2D eigenvalue weighted by Gasteiger charge is 2.06. The number of hydrogen-bond acceptors (Lipinski definition) is 3. The van der Waals surface area contributed by atoms with Crippen molar-refractivity contribution in [2.24, 2.45) is 0 Å². The maximum Gasteiger partial charge on any atom is 0.127 e. The lowest BCUT2D eigenvalue weighted by Crippen LogP contribution is -2.19. The minimum absolute atomic E-state index is 0.565. The highest BCUT2D eigenvalue weighted by Crippen LogP contribution is 2.23. The molecule has 0 atom stereocenters. The minimum Gasteiger partial charge on any atom is -0.489 e. The van der Waals surface area contributed by atoms with E-state index < -0.39 is 0 Å². The summed E-state index contributed by atoms with van der Waals surface area (Å²) in [6.45, 7) is 10.8. The van der Waals surface area contributed by atoms with Crippen LogP contribution in [0.1, 0.15) is 18.1 Å². The van der Waals surface area contributed by atoms with E-state index in [1.165, 1.54) is 5.56 Å². The zero-order valence-electron chi connectivity index (χ0n) is 11.6. The van der Waals surface area contributed by atoms with Crippen molar-refractivity contribution in [1.29, 1.82) is 0 Å². The van der Waals surface area contributed by atoms with Gasteiger partial charge in [-0.25, -0.2) is 0 Å². The molecule has 1 aromatic rings. The zero-order valence-corrected chi connectivity index (χ0v) is 11.6. The first kappa shape index (κ1) is 14.7. The Hall–Kier alpha value is -1.32. The molecule has 0 heterocycles. The summed E-state index contributed by atoms with van der Waals surface area (Å²) in [6, 6.07) is 6.20. The molecule has 0 aliphatic rings. The Morgan fingerprint density at radius 2 is 2.17 bits per heavy atom. The summed E-state index contributed by atoms with van der Waals surface area (Å²) in [5, 5.41) is 3.33. The monoisotopic (exact) mass is 249 g/mol. The van der Waals surface area contributed by atoms with E-state index in [1.807, 2.05) is 6.92 Å². The smallest absolute Gasteiger partial charge is 0.127 e. The van der Waals surface area contributed by atoms with E-state index in [9.17, 15) is 0 Å². The second kappa shape index (κ2) is 7.90. The molecule has 0 radical (unpaired) electrons. The number of hydrogen-bond donors (Lipinski definition) is 1. The molecule has 0 spiro atoms. The Morgan fingerprint density at radius 1 is 1.39 bits per heavy atom. The molecular weight excluding hydrogens is 226 g/mol. The summed E-state index contributed by atoms with van der Waals surface area (Å²) in [5.74, 6) is 0.963. The van der Waals surface area contributed by atoms with Gasteiger partial charge in [0.2, 0.25) is 0 Å². The second-order valence-corrected chi connectivity index (χ2v) is 4.48. The molecule has 0 saturated carbocycles. The molecule has 0 bridgehead atoms. The number of benzene rings is 1. The van der Waals surface area contributed by atoms with Gasteiger partial charge in [0.1, 0.15) is 12.4 Å². The fourth-order valence-corrected chi connectivity index (χ4v) is 1.65. The predicted molar refractivity (Wildman–Crippen MR) is 75.1 cm³/mol. The summed E-state index contributed by atoms with van der Waals surface area (Å²) < 4.78 is 10.8. The highest BCUT2D eigenvalue weighted by atomic mass is 16.5. The first-order chi connectivity index (χ1) is 8.65. The van der Waals surface area contributed by atoms with Crippen LogP contribution in [-0.4, -0.2) is 26.9 Å². The van der Waals surface area contributed by atoms with E-state index in [2.05, 4.69) is 37.0 Å². The Balaban J connectivity index is 2.64. The molecular formula is C15H23NO2. The lowest BCUT2D eigenvalue weighted by Gasteiger charge is -2.14. The summed E-state index contributed by atoms with van der Waals surface area (Å²) >= 11 is 0. The highest BCUT2D eigenvalue weighted by molar-refractivity contribution is 5.40. The molecule has 0 saturated heterocycles. The van der Waals surface area contributed by atoms with Crippen molar-refractivity contribution in [3.63, 3.8) is 0 Å². The van der Waals surface area contributed by atoms with Crippen molar-refractivity contribution < 1.29 is 9.47 Å². The van der Waals surface area contributed by atoms with Crippen LogP contribution in [0.5, 0.6) is 5.75 Å². The second-order valence-electron chi connectivity index (χ2n) is 4.48. The van der Waals surface area contributed by atoms with Crippen LogP contribution in [0.3, 0.4) is 0 Å². The van der Waals surface area contributed by atoms with Gasteiger partial charge >= 0.3 is 0 Å². The number of rotatable bonds is 8. The van der Waals surface area contributed by atoms with Crippen molar-refractivity contribution in [2.75, 3.05) is 26.9 Å². The largest absolute Gasteiger partial charge is 0.489 e. The Kier molecular flexibility index (Phi) is 6.47. The molecule has 0 aliphatic carbocycles. The van der Waals surface area contributed by atoms with Gasteiger partial charge in [0, 0.05) is 25.8 Å². The third-order valence-electron chi connectivity index (χ3n) is 2.55. The third-order valence-corrected chi connectivity index (χ3v) is 2.55. The Labute approximate surface area is 110 Å². The van der Waals surface area contributed by atoms with E-state index >= 15 is 0 Å². The average Bonchev–Trinajstić information content (AvgIpc) is 2.33. The van der Waals surface area contributed by atoms with Crippen LogP contribution < -0.4 is 10.1 Å². The number of para-hydroxylation sites is 1. The standard InChI is InChI=1S/C15H23NO2/c1-12(2)11-18-15-13(3)6-5-7-14(15)10-16-8-9-17-4/h5-7,16H,1,8-11H2,2-4H3. The van der Waals surface area contributed by atoms with Crippen LogP contribution in [0.2, 0.25) is 0 Å². The molecule has 18 heavy (non-hydrogen) atoms. The maximum atomic E-state index is 5.82. The van der Waals surface area contributed by atoms with Crippen LogP contribution in [-0.2, 0) is 11.3 Å². The molecule has 1 rings (SSSR count). The lowest BCUT2D eigenvalue weighted by molar-refractivity contribution is 0.199. The Bertz CT molecular complexity index is 388. The summed E-state index contributed by atoms with van der Waals surface area (Å²) in [4.78, 5) is 0. The van der Waals surface area contributed by atoms with Crippen LogP contribution in [0.25, 0.3) is 0 Å². The van der Waals surface area contributed by atoms with Gasteiger partial charge in [-0.05, 0) is 25.0 Å². The van der Waals surface area contributed by atoms with Crippen molar-refractivity contribution in [3.05, 3.63) is 41.5 Å². The van der Waals surface area contributed by atoms with Gasteiger partial charge in [0.05, 0.1) is 6.61 Å². The third kappa shape index (κ3) is 4.90. The van der Waals surface area contributed by atoms with E-state index in [4.69, 9.17) is 9.47 Å². The topological polar surface area (TPSA) is 30.5 Å². The number of nitrogens with one attached hydrogen (secondary N) is 1. The SMILES string of the molecule is C=C(C)COc1c(C)cccc1CNCCOC. The average molecular weight is 249 g/mol. The molecule has 0 aromatic heterocycles. The molecule has 3 heteroatoms. The van der Waals surface area contributed by atoms with Gasteiger partial charge in [-0.15, -0.1) is 0 Å². The molecule has 0 amide bonds. The van der Waals surface area contributed by atoms with Crippen molar-refractivity contribution in [2.45, 2.75) is 20.4 Å². The summed E-state index contributed by atoms with van der Waals surface area (Å²) in [6.07, 6.45) is 0. The van der Waals surface area contributed by atoms with Crippen LogP contribution >= 0.6 is 0 Å². The first-order valence-corrected chi connectivity index (χ1v) is 6.20. The fourth-order valence-electron chi connectivity index (χ4n) is 1.65. The van der Waals surface area contributed by atoms with E-state index in [1.54, 1.807) is 7.11 Å². The lowest BCUT2D eigenvalue weighted by atomic mass is 10.1. The molecule has 100 valence electrons. The van der Waals surface area contributed by atoms with Gasteiger partial charge in [-0.2, -0.15) is 0 Å². The molecule has 0 aliphatic heterocycles. The number of methoxy groups -OCH3 is 1. The van der Waals surface area contributed by atoms with E-state index in [0.29, 0.717) is 13.2 Å². The molecule has 3 nitrogen and oxygen atoms in total. The van der Waals surface area contributed by atoms with E-state index in [-0.39, 0.29) is 0 Å². The molecule has 1 N–H and O–H groups in total. The maximum absolute atomic E-state index is 5.82. The van der Waals surface area contributed by atoms with Gasteiger partial charge in [-0.3, -0.25) is 0 Å². The minimum atomic E-state index is 0.565. The fraction of sp³-hybridized carbons (Fsp3) is 0.467. The molecule has 0 fully saturated rings. The van der Waals surface area contributed by atoms with Gasteiger partial charge < -0.3 is 14.8 Å². The van der Waals surface area contributed by atoms with Gasteiger partial charge in [0.25, 0.3) is 0 Å². The molecule has 0 unspecified atom stereocenters. The molecule has 1 aromatic carbocycles. The zero-order chi connectivity index (χ0) is 13.4. The van der Waals surface area contributed by atoms with Gasteiger partial charge in [-0.1, -0.05) is 24.8 Å². The van der Waals surface area contributed by atoms with Crippen molar-refractivity contribution >= 4 is 0 Å². The predicted octanol–water partition coefficient (Wildman–Crippen LogP) is 2.69. The first-order valence-electron chi connectivity index (χ1n) is 6.20. The number of aryl methyl sites for hydroxylation is 1. The number of ether oxygens (including phenoxy) is 2.